The van der Waals surface area contributed by atoms with E-state index in [0.29, 0.717) is 22.5 Å². The molecule has 1 aromatic heterocycles. The molecule has 0 aliphatic rings. The van der Waals surface area contributed by atoms with Crippen molar-refractivity contribution in [2.45, 2.75) is 11.8 Å². The standard InChI is InChI=1S/C23H21N5O2S/c1-16(26-27-23(24)25)21-19-14-8-9-15-20(19)28(22(21)17-10-4-2-5-11-17)31(29,30)18-12-6-3-7-13-18/h2-15H,1H3,(H4,24,25,27)/b26-16-. The van der Waals surface area contributed by atoms with Crippen LogP contribution < -0.4 is 11.5 Å². The van der Waals surface area contributed by atoms with E-state index in [9.17, 15) is 8.42 Å². The van der Waals surface area contributed by atoms with E-state index < -0.39 is 10.0 Å². The maximum absolute atomic E-state index is 13.8. The van der Waals surface area contributed by atoms with E-state index in [1.807, 2.05) is 42.5 Å². The molecule has 0 fully saturated rings. The highest BCUT2D eigenvalue weighted by atomic mass is 32.2. The quantitative estimate of drug-likeness (QED) is 0.286. The lowest BCUT2D eigenvalue weighted by Gasteiger charge is -2.13. The van der Waals surface area contributed by atoms with Gasteiger partial charge in [0.2, 0.25) is 5.96 Å². The smallest absolute Gasteiger partial charge is 0.268 e. The molecule has 31 heavy (non-hydrogen) atoms. The van der Waals surface area contributed by atoms with Gasteiger partial charge in [0.05, 0.1) is 21.8 Å². The molecule has 0 aliphatic heterocycles. The molecule has 0 saturated carbocycles. The maximum Gasteiger partial charge on any atom is 0.268 e. The van der Waals surface area contributed by atoms with Crippen LogP contribution in [0.5, 0.6) is 0 Å². The summed E-state index contributed by atoms with van der Waals surface area (Å²) in [5.41, 5.74) is 13.8. The Labute approximate surface area is 180 Å². The zero-order chi connectivity index (χ0) is 22.0. The first kappa shape index (κ1) is 20.4. The zero-order valence-electron chi connectivity index (χ0n) is 16.8. The van der Waals surface area contributed by atoms with Gasteiger partial charge in [-0.15, -0.1) is 5.10 Å². The second-order valence-electron chi connectivity index (χ2n) is 6.90. The van der Waals surface area contributed by atoms with Crippen LogP contribution in [0.3, 0.4) is 0 Å². The number of nitrogens with zero attached hydrogens (tertiary/aromatic N) is 3. The summed E-state index contributed by atoms with van der Waals surface area (Å²) in [6.07, 6.45) is 0. The third-order valence-electron chi connectivity index (χ3n) is 4.84. The molecule has 156 valence electrons. The number of hydrogen-bond donors (Lipinski definition) is 2. The van der Waals surface area contributed by atoms with Gasteiger partial charge in [0.1, 0.15) is 0 Å². The number of fused-ring (bicyclic) bond motifs is 1. The molecule has 4 aromatic rings. The second-order valence-corrected chi connectivity index (χ2v) is 8.69. The van der Waals surface area contributed by atoms with Crippen LogP contribution in [0.2, 0.25) is 0 Å². The van der Waals surface area contributed by atoms with Crippen molar-refractivity contribution < 1.29 is 8.42 Å². The summed E-state index contributed by atoms with van der Waals surface area (Å²) in [6.45, 7) is 1.75. The maximum atomic E-state index is 13.8. The molecular weight excluding hydrogens is 410 g/mol. The Balaban J connectivity index is 2.17. The summed E-state index contributed by atoms with van der Waals surface area (Å²) in [7, 11) is -3.91. The SMILES string of the molecule is C/C(=N/N=C(N)N)c1c(-c2ccccc2)n(S(=O)(=O)c2ccccc2)c2ccccc12. The lowest BCUT2D eigenvalue weighted by Crippen LogP contribution is -2.22. The highest BCUT2D eigenvalue weighted by molar-refractivity contribution is 7.90. The van der Waals surface area contributed by atoms with Crippen molar-refractivity contribution in [2.75, 3.05) is 0 Å². The van der Waals surface area contributed by atoms with Crippen molar-refractivity contribution in [1.29, 1.82) is 0 Å². The summed E-state index contributed by atoms with van der Waals surface area (Å²) in [4.78, 5) is 0.193. The van der Waals surface area contributed by atoms with E-state index in [4.69, 9.17) is 11.5 Å². The number of para-hydroxylation sites is 1. The van der Waals surface area contributed by atoms with Crippen LogP contribution in [0.25, 0.3) is 22.2 Å². The summed E-state index contributed by atoms with van der Waals surface area (Å²) in [6, 6.07) is 25.0. The van der Waals surface area contributed by atoms with Gasteiger partial charge in [-0.05, 0) is 30.7 Å². The Morgan fingerprint density at radius 2 is 1.39 bits per heavy atom. The Kier molecular flexibility index (Phi) is 5.31. The molecule has 0 spiro atoms. The minimum atomic E-state index is -3.91. The molecule has 0 amide bonds. The summed E-state index contributed by atoms with van der Waals surface area (Å²) < 4.78 is 29.0. The van der Waals surface area contributed by atoms with E-state index in [1.165, 1.54) is 3.97 Å². The normalized spacial score (nSPS) is 12.1. The number of guanidine groups is 1. The monoisotopic (exact) mass is 431 g/mol. The van der Waals surface area contributed by atoms with Crippen LogP contribution in [0.15, 0.2) is 100 Å². The number of aromatic nitrogens is 1. The largest absolute Gasteiger partial charge is 0.369 e. The molecular formula is C23H21N5O2S. The molecule has 4 rings (SSSR count). The fourth-order valence-electron chi connectivity index (χ4n) is 3.57. The van der Waals surface area contributed by atoms with Gasteiger partial charge in [0.15, 0.2) is 0 Å². The summed E-state index contributed by atoms with van der Waals surface area (Å²) in [5.74, 6) is -0.179. The first-order valence-corrected chi connectivity index (χ1v) is 11.0. The van der Waals surface area contributed by atoms with Crippen LogP contribution in [-0.4, -0.2) is 24.1 Å². The van der Waals surface area contributed by atoms with Gasteiger partial charge in [-0.25, -0.2) is 12.4 Å². The number of benzene rings is 3. The van der Waals surface area contributed by atoms with Crippen LogP contribution in [0, 0.1) is 0 Å². The fraction of sp³-hybridized carbons (Fsp3) is 0.0435. The Morgan fingerprint density at radius 1 is 0.806 bits per heavy atom. The van der Waals surface area contributed by atoms with Gasteiger partial charge >= 0.3 is 0 Å². The average molecular weight is 432 g/mol. The van der Waals surface area contributed by atoms with Crippen molar-refractivity contribution >= 4 is 32.6 Å². The molecule has 0 saturated heterocycles. The average Bonchev–Trinajstić information content (AvgIpc) is 3.15. The van der Waals surface area contributed by atoms with Crippen molar-refractivity contribution in [1.82, 2.24) is 3.97 Å². The molecule has 3 aromatic carbocycles. The predicted molar refractivity (Wildman–Crippen MR) is 124 cm³/mol. The molecule has 0 atom stereocenters. The Hall–Kier alpha value is -3.91. The van der Waals surface area contributed by atoms with Gasteiger partial charge in [-0.1, -0.05) is 66.7 Å². The van der Waals surface area contributed by atoms with E-state index in [1.54, 1.807) is 49.4 Å². The van der Waals surface area contributed by atoms with Gasteiger partial charge in [-0.2, -0.15) is 5.10 Å². The van der Waals surface area contributed by atoms with Gasteiger partial charge in [0.25, 0.3) is 10.0 Å². The Bertz CT molecular complexity index is 1400. The van der Waals surface area contributed by atoms with Crippen LogP contribution in [-0.2, 0) is 10.0 Å². The van der Waals surface area contributed by atoms with Crippen LogP contribution in [0.1, 0.15) is 12.5 Å². The minimum absolute atomic E-state index is 0.179. The van der Waals surface area contributed by atoms with E-state index >= 15 is 0 Å². The first-order chi connectivity index (χ1) is 14.9. The van der Waals surface area contributed by atoms with E-state index in [0.717, 1.165) is 10.9 Å². The highest BCUT2D eigenvalue weighted by Gasteiger charge is 2.28. The molecule has 1 heterocycles. The molecule has 0 unspecified atom stereocenters. The molecule has 0 aliphatic carbocycles. The molecule has 0 bridgehead atoms. The predicted octanol–water partition coefficient (Wildman–Crippen LogP) is 3.54. The lowest BCUT2D eigenvalue weighted by atomic mass is 10.0. The molecule has 7 nitrogen and oxygen atoms in total. The van der Waals surface area contributed by atoms with Crippen molar-refractivity contribution in [2.24, 2.45) is 21.7 Å². The van der Waals surface area contributed by atoms with Crippen LogP contribution >= 0.6 is 0 Å². The molecule has 4 N–H and O–H groups in total. The van der Waals surface area contributed by atoms with Crippen LogP contribution in [0.4, 0.5) is 0 Å². The number of rotatable bonds is 5. The zero-order valence-corrected chi connectivity index (χ0v) is 17.6. The highest BCUT2D eigenvalue weighted by Crippen LogP contribution is 2.37. The number of hydrogen-bond acceptors (Lipinski definition) is 4. The topological polar surface area (TPSA) is 116 Å². The van der Waals surface area contributed by atoms with E-state index in [2.05, 4.69) is 10.2 Å². The number of nitrogens with two attached hydrogens (primary N) is 2. The third-order valence-corrected chi connectivity index (χ3v) is 6.57. The molecule has 8 heteroatoms. The minimum Gasteiger partial charge on any atom is -0.369 e. The van der Waals surface area contributed by atoms with Gasteiger partial charge in [-0.3, -0.25) is 0 Å². The third kappa shape index (κ3) is 3.69. The lowest BCUT2D eigenvalue weighted by molar-refractivity contribution is 0.589. The van der Waals surface area contributed by atoms with Gasteiger partial charge in [0, 0.05) is 10.9 Å². The van der Waals surface area contributed by atoms with Gasteiger partial charge < -0.3 is 11.5 Å². The Morgan fingerprint density at radius 3 is 2.03 bits per heavy atom. The second kappa shape index (κ2) is 8.08. The molecule has 0 radical (unpaired) electrons. The summed E-state index contributed by atoms with van der Waals surface area (Å²) >= 11 is 0. The summed E-state index contributed by atoms with van der Waals surface area (Å²) in [5, 5.41) is 8.65. The van der Waals surface area contributed by atoms with E-state index in [-0.39, 0.29) is 10.9 Å². The first-order valence-electron chi connectivity index (χ1n) is 9.54. The van der Waals surface area contributed by atoms with Crippen molar-refractivity contribution in [3.8, 4) is 11.3 Å². The van der Waals surface area contributed by atoms with Crippen molar-refractivity contribution in [3.63, 3.8) is 0 Å². The fourth-order valence-corrected chi connectivity index (χ4v) is 5.13. The van der Waals surface area contributed by atoms with Crippen molar-refractivity contribution in [3.05, 3.63) is 90.5 Å².